The molecule has 2 rings (SSSR count). The summed E-state index contributed by atoms with van der Waals surface area (Å²) in [5.41, 5.74) is 2.17. The van der Waals surface area contributed by atoms with E-state index >= 15 is 0 Å². The highest BCUT2D eigenvalue weighted by Gasteiger charge is 2.08. The van der Waals surface area contributed by atoms with Crippen LogP contribution < -0.4 is 5.32 Å². The quantitative estimate of drug-likeness (QED) is 0.765. The highest BCUT2D eigenvalue weighted by atomic mass is 16.3. The molecule has 0 aliphatic carbocycles. The van der Waals surface area contributed by atoms with E-state index < -0.39 is 0 Å². The SMILES string of the molecule is CCCNCCCc1cc(-c2ccco2)nn1C. The van der Waals surface area contributed by atoms with Gasteiger partial charge in [-0.15, -0.1) is 0 Å². The summed E-state index contributed by atoms with van der Waals surface area (Å²) in [6.07, 6.45) is 5.05. The molecule has 4 nitrogen and oxygen atoms in total. The molecule has 0 aliphatic rings. The molecule has 0 radical (unpaired) electrons. The van der Waals surface area contributed by atoms with Crippen molar-refractivity contribution in [3.63, 3.8) is 0 Å². The normalized spacial score (nSPS) is 11.0. The average Bonchev–Trinajstić information content (AvgIpc) is 2.99. The zero-order valence-corrected chi connectivity index (χ0v) is 11.1. The van der Waals surface area contributed by atoms with Gasteiger partial charge in [-0.05, 0) is 50.6 Å². The molecule has 4 heteroatoms. The molecule has 0 amide bonds. The third kappa shape index (κ3) is 3.23. The number of nitrogens with one attached hydrogen (secondary N) is 1. The Morgan fingerprint density at radius 3 is 3.00 bits per heavy atom. The van der Waals surface area contributed by atoms with Gasteiger partial charge in [0.25, 0.3) is 0 Å². The van der Waals surface area contributed by atoms with Gasteiger partial charge in [0.2, 0.25) is 0 Å². The topological polar surface area (TPSA) is 43.0 Å². The summed E-state index contributed by atoms with van der Waals surface area (Å²) in [7, 11) is 1.99. The van der Waals surface area contributed by atoms with Gasteiger partial charge in [-0.2, -0.15) is 5.10 Å². The number of hydrogen-bond donors (Lipinski definition) is 1. The number of rotatable bonds is 7. The molecule has 0 aromatic carbocycles. The summed E-state index contributed by atoms with van der Waals surface area (Å²) in [6.45, 7) is 4.35. The van der Waals surface area contributed by atoms with E-state index in [1.165, 1.54) is 12.1 Å². The van der Waals surface area contributed by atoms with Crippen LogP contribution in [0.25, 0.3) is 11.5 Å². The minimum atomic E-state index is 0.834. The highest BCUT2D eigenvalue weighted by molar-refractivity contribution is 5.52. The minimum Gasteiger partial charge on any atom is -0.463 e. The zero-order chi connectivity index (χ0) is 12.8. The molecule has 0 saturated carbocycles. The second kappa shape index (κ2) is 6.40. The average molecular weight is 247 g/mol. The van der Waals surface area contributed by atoms with Crippen molar-refractivity contribution in [3.8, 4) is 11.5 Å². The van der Waals surface area contributed by atoms with E-state index in [9.17, 15) is 0 Å². The molecule has 2 aromatic rings. The van der Waals surface area contributed by atoms with Gasteiger partial charge in [-0.3, -0.25) is 4.68 Å². The van der Waals surface area contributed by atoms with E-state index in [1.807, 2.05) is 23.9 Å². The molecule has 0 spiro atoms. The maximum absolute atomic E-state index is 5.36. The van der Waals surface area contributed by atoms with Gasteiger partial charge >= 0.3 is 0 Å². The number of aryl methyl sites for hydroxylation is 2. The largest absolute Gasteiger partial charge is 0.463 e. The van der Waals surface area contributed by atoms with Crippen LogP contribution in [0.5, 0.6) is 0 Å². The van der Waals surface area contributed by atoms with Crippen molar-refractivity contribution in [1.82, 2.24) is 15.1 Å². The molecular formula is C14H21N3O. The summed E-state index contributed by atoms with van der Waals surface area (Å²) in [5, 5.41) is 7.88. The van der Waals surface area contributed by atoms with Crippen LogP contribution in [0, 0.1) is 0 Å². The fraction of sp³-hybridized carbons (Fsp3) is 0.500. The number of nitrogens with zero attached hydrogens (tertiary/aromatic N) is 2. The predicted octanol–water partition coefficient (Wildman–Crippen LogP) is 2.61. The number of furan rings is 1. The lowest BCUT2D eigenvalue weighted by Gasteiger charge is -2.03. The summed E-state index contributed by atoms with van der Waals surface area (Å²) in [6, 6.07) is 5.94. The fourth-order valence-corrected chi connectivity index (χ4v) is 1.98. The standard InChI is InChI=1S/C14H21N3O/c1-3-8-15-9-4-6-12-11-13(16-17(12)2)14-7-5-10-18-14/h5,7,10-11,15H,3-4,6,8-9H2,1-2H3. The van der Waals surface area contributed by atoms with Crippen molar-refractivity contribution in [2.24, 2.45) is 7.05 Å². The van der Waals surface area contributed by atoms with Gasteiger partial charge in [0, 0.05) is 12.7 Å². The van der Waals surface area contributed by atoms with Crippen LogP contribution in [0.15, 0.2) is 28.9 Å². The van der Waals surface area contributed by atoms with Crippen molar-refractivity contribution in [2.45, 2.75) is 26.2 Å². The summed E-state index contributed by atoms with van der Waals surface area (Å²) in [4.78, 5) is 0. The Labute approximate surface area is 108 Å². The van der Waals surface area contributed by atoms with E-state index in [-0.39, 0.29) is 0 Å². The van der Waals surface area contributed by atoms with Crippen molar-refractivity contribution in [1.29, 1.82) is 0 Å². The lowest BCUT2D eigenvalue weighted by atomic mass is 10.2. The van der Waals surface area contributed by atoms with Crippen LogP contribution in [-0.2, 0) is 13.5 Å². The molecule has 0 aliphatic heterocycles. The molecule has 1 N–H and O–H groups in total. The van der Waals surface area contributed by atoms with Gasteiger partial charge in [-0.25, -0.2) is 0 Å². The molecular weight excluding hydrogens is 226 g/mol. The van der Waals surface area contributed by atoms with Crippen molar-refractivity contribution < 1.29 is 4.42 Å². The molecule has 0 bridgehead atoms. The Balaban J connectivity index is 1.89. The fourth-order valence-electron chi connectivity index (χ4n) is 1.98. The van der Waals surface area contributed by atoms with Crippen LogP contribution in [-0.4, -0.2) is 22.9 Å². The Morgan fingerprint density at radius 2 is 2.28 bits per heavy atom. The molecule has 0 fully saturated rings. The number of hydrogen-bond acceptors (Lipinski definition) is 3. The monoisotopic (exact) mass is 247 g/mol. The highest BCUT2D eigenvalue weighted by Crippen LogP contribution is 2.19. The number of aromatic nitrogens is 2. The molecule has 0 atom stereocenters. The van der Waals surface area contributed by atoms with E-state index in [0.29, 0.717) is 0 Å². The third-order valence-corrected chi connectivity index (χ3v) is 2.96. The lowest BCUT2D eigenvalue weighted by Crippen LogP contribution is -2.16. The summed E-state index contributed by atoms with van der Waals surface area (Å²) in [5.74, 6) is 0.834. The Hall–Kier alpha value is -1.55. The van der Waals surface area contributed by atoms with Crippen LogP contribution in [0.2, 0.25) is 0 Å². The molecule has 2 aromatic heterocycles. The van der Waals surface area contributed by atoms with Crippen LogP contribution in [0.4, 0.5) is 0 Å². The Kier molecular flexibility index (Phi) is 4.59. The lowest BCUT2D eigenvalue weighted by molar-refractivity contribution is 0.577. The molecule has 98 valence electrons. The molecule has 18 heavy (non-hydrogen) atoms. The van der Waals surface area contributed by atoms with Gasteiger partial charge in [0.05, 0.1) is 6.26 Å². The molecule has 0 saturated heterocycles. The minimum absolute atomic E-state index is 0.834. The maximum atomic E-state index is 5.36. The van der Waals surface area contributed by atoms with E-state index in [0.717, 1.165) is 37.4 Å². The van der Waals surface area contributed by atoms with Crippen LogP contribution in [0.1, 0.15) is 25.5 Å². The van der Waals surface area contributed by atoms with Gasteiger partial charge in [0.15, 0.2) is 5.76 Å². The Morgan fingerprint density at radius 1 is 1.39 bits per heavy atom. The zero-order valence-electron chi connectivity index (χ0n) is 11.1. The Bertz CT molecular complexity index is 459. The maximum Gasteiger partial charge on any atom is 0.154 e. The van der Waals surface area contributed by atoms with E-state index in [1.54, 1.807) is 6.26 Å². The van der Waals surface area contributed by atoms with E-state index in [4.69, 9.17) is 4.42 Å². The third-order valence-electron chi connectivity index (χ3n) is 2.96. The van der Waals surface area contributed by atoms with Crippen molar-refractivity contribution >= 4 is 0 Å². The van der Waals surface area contributed by atoms with Gasteiger partial charge in [0.1, 0.15) is 5.69 Å². The molecule has 0 unspecified atom stereocenters. The van der Waals surface area contributed by atoms with E-state index in [2.05, 4.69) is 23.4 Å². The van der Waals surface area contributed by atoms with Crippen LogP contribution >= 0.6 is 0 Å². The summed E-state index contributed by atoms with van der Waals surface area (Å²) >= 11 is 0. The second-order valence-corrected chi connectivity index (χ2v) is 4.48. The summed E-state index contributed by atoms with van der Waals surface area (Å²) < 4.78 is 7.30. The predicted molar refractivity (Wildman–Crippen MR) is 72.4 cm³/mol. The van der Waals surface area contributed by atoms with Crippen molar-refractivity contribution in [2.75, 3.05) is 13.1 Å². The first kappa shape index (κ1) is 12.9. The van der Waals surface area contributed by atoms with Crippen LogP contribution in [0.3, 0.4) is 0 Å². The second-order valence-electron chi connectivity index (χ2n) is 4.48. The smallest absolute Gasteiger partial charge is 0.154 e. The van der Waals surface area contributed by atoms with Gasteiger partial charge < -0.3 is 9.73 Å². The first-order valence-corrected chi connectivity index (χ1v) is 6.58. The first-order valence-electron chi connectivity index (χ1n) is 6.58. The first-order chi connectivity index (χ1) is 8.81. The molecule has 2 heterocycles. The van der Waals surface area contributed by atoms with Crippen molar-refractivity contribution in [3.05, 3.63) is 30.2 Å². The van der Waals surface area contributed by atoms with Gasteiger partial charge in [-0.1, -0.05) is 6.92 Å².